The number of Topliss-reactive ketones (excluding diaryl/α,β-unsaturated/α-hetero) is 1. The Hall–Kier alpha value is -0.670. The van der Waals surface area contributed by atoms with E-state index in [1.807, 2.05) is 6.07 Å². The lowest BCUT2D eigenvalue weighted by Gasteiger charge is -2.23. The molecular formula is C18H31NOS. The minimum Gasteiger partial charge on any atom is -0.296 e. The van der Waals surface area contributed by atoms with E-state index >= 15 is 0 Å². The van der Waals surface area contributed by atoms with Crippen molar-refractivity contribution < 1.29 is 4.79 Å². The fraction of sp³-hybridized carbons (Fsp3) is 0.722. The van der Waals surface area contributed by atoms with Crippen LogP contribution in [0.25, 0.3) is 0 Å². The van der Waals surface area contributed by atoms with Crippen molar-refractivity contribution in [3.05, 3.63) is 21.9 Å². The molecule has 21 heavy (non-hydrogen) atoms. The maximum absolute atomic E-state index is 12.4. The van der Waals surface area contributed by atoms with Gasteiger partial charge in [-0.25, -0.2) is 0 Å². The number of thiophene rings is 1. The average Bonchev–Trinajstić information content (AvgIpc) is 2.90. The molecule has 0 atom stereocenters. The third kappa shape index (κ3) is 7.23. The number of carbonyl (C=O) groups excluding carboxylic acids is 1. The minimum atomic E-state index is 0.284. The molecule has 0 saturated heterocycles. The predicted molar refractivity (Wildman–Crippen MR) is 93.4 cm³/mol. The lowest BCUT2D eigenvalue weighted by Crippen LogP contribution is -2.32. The molecule has 0 aliphatic heterocycles. The lowest BCUT2D eigenvalue weighted by molar-refractivity contribution is 0.0927. The number of carbonyl (C=O) groups is 1. The summed E-state index contributed by atoms with van der Waals surface area (Å²) in [7, 11) is 0. The van der Waals surface area contributed by atoms with Crippen molar-refractivity contribution in [3.63, 3.8) is 0 Å². The van der Waals surface area contributed by atoms with Crippen molar-refractivity contribution in [2.45, 2.75) is 53.9 Å². The molecule has 1 aromatic heterocycles. The Kier molecular flexibility index (Phi) is 8.20. The summed E-state index contributed by atoms with van der Waals surface area (Å²) in [6.45, 7) is 13.8. The van der Waals surface area contributed by atoms with Crippen molar-refractivity contribution in [1.29, 1.82) is 0 Å². The molecule has 0 aliphatic carbocycles. The van der Waals surface area contributed by atoms with E-state index < -0.39 is 0 Å². The van der Waals surface area contributed by atoms with Crippen molar-refractivity contribution in [3.8, 4) is 0 Å². The molecule has 0 saturated carbocycles. The van der Waals surface area contributed by atoms with Crippen LogP contribution in [0.15, 0.2) is 12.1 Å². The second kappa shape index (κ2) is 9.37. The number of nitrogens with zero attached hydrogens (tertiary/aromatic N) is 1. The number of rotatable bonds is 10. The SMILES string of the molecule is CCc1ccc(C(=O)CN(CCC(C)C)CCC(C)C)s1. The summed E-state index contributed by atoms with van der Waals surface area (Å²) in [5, 5.41) is 0. The van der Waals surface area contributed by atoms with Gasteiger partial charge < -0.3 is 0 Å². The number of hydrogen-bond donors (Lipinski definition) is 0. The Bertz CT molecular complexity index is 411. The van der Waals surface area contributed by atoms with Gasteiger partial charge in [0.2, 0.25) is 0 Å². The molecule has 1 aromatic rings. The average molecular weight is 310 g/mol. The first-order valence-corrected chi connectivity index (χ1v) is 9.08. The fourth-order valence-corrected chi connectivity index (χ4v) is 3.03. The predicted octanol–water partition coefficient (Wildman–Crippen LogP) is 4.89. The molecular weight excluding hydrogens is 278 g/mol. The Balaban J connectivity index is 2.58. The largest absolute Gasteiger partial charge is 0.296 e. The molecule has 0 fully saturated rings. The summed E-state index contributed by atoms with van der Waals surface area (Å²) in [4.78, 5) is 17.0. The first-order valence-electron chi connectivity index (χ1n) is 8.26. The Morgan fingerprint density at radius 3 is 2.10 bits per heavy atom. The zero-order chi connectivity index (χ0) is 15.8. The Labute approximate surface area is 134 Å². The van der Waals surface area contributed by atoms with Gasteiger partial charge in [0.1, 0.15) is 0 Å². The van der Waals surface area contributed by atoms with Crippen LogP contribution in [0, 0.1) is 11.8 Å². The molecule has 0 radical (unpaired) electrons. The number of hydrogen-bond acceptors (Lipinski definition) is 3. The maximum Gasteiger partial charge on any atom is 0.186 e. The maximum atomic E-state index is 12.4. The van der Waals surface area contributed by atoms with Gasteiger partial charge in [0.15, 0.2) is 5.78 Å². The van der Waals surface area contributed by atoms with E-state index in [4.69, 9.17) is 0 Å². The van der Waals surface area contributed by atoms with Crippen molar-refractivity contribution in [2.75, 3.05) is 19.6 Å². The van der Waals surface area contributed by atoms with Crippen LogP contribution in [-0.4, -0.2) is 30.3 Å². The second-order valence-corrected chi connectivity index (χ2v) is 7.85. The molecule has 0 unspecified atom stereocenters. The molecule has 0 spiro atoms. The van der Waals surface area contributed by atoms with E-state index in [2.05, 4.69) is 45.6 Å². The summed E-state index contributed by atoms with van der Waals surface area (Å²) in [5.74, 6) is 1.66. The van der Waals surface area contributed by atoms with Gasteiger partial charge in [-0.15, -0.1) is 11.3 Å². The molecule has 0 aliphatic rings. The van der Waals surface area contributed by atoms with Crippen LogP contribution in [0.3, 0.4) is 0 Å². The van der Waals surface area contributed by atoms with Crippen LogP contribution in [-0.2, 0) is 6.42 Å². The number of aryl methyl sites for hydroxylation is 1. The van der Waals surface area contributed by atoms with Gasteiger partial charge in [-0.2, -0.15) is 0 Å². The summed E-state index contributed by atoms with van der Waals surface area (Å²) in [5.41, 5.74) is 0. The topological polar surface area (TPSA) is 20.3 Å². The van der Waals surface area contributed by atoms with Gasteiger partial charge in [0.25, 0.3) is 0 Å². The van der Waals surface area contributed by atoms with Crippen LogP contribution >= 0.6 is 11.3 Å². The first kappa shape index (κ1) is 18.4. The van der Waals surface area contributed by atoms with Crippen LogP contribution in [0.4, 0.5) is 0 Å². The molecule has 0 N–H and O–H groups in total. The molecule has 1 rings (SSSR count). The van der Waals surface area contributed by atoms with Crippen LogP contribution in [0.5, 0.6) is 0 Å². The van der Waals surface area contributed by atoms with Gasteiger partial charge in [-0.1, -0.05) is 34.6 Å². The van der Waals surface area contributed by atoms with Crippen molar-refractivity contribution in [1.82, 2.24) is 4.90 Å². The van der Waals surface area contributed by atoms with E-state index in [9.17, 15) is 4.79 Å². The van der Waals surface area contributed by atoms with E-state index in [1.54, 1.807) is 11.3 Å². The van der Waals surface area contributed by atoms with E-state index in [1.165, 1.54) is 4.88 Å². The molecule has 1 heterocycles. The van der Waals surface area contributed by atoms with Gasteiger partial charge in [-0.05, 0) is 56.3 Å². The van der Waals surface area contributed by atoms with E-state index in [0.29, 0.717) is 18.4 Å². The van der Waals surface area contributed by atoms with Gasteiger partial charge in [-0.3, -0.25) is 9.69 Å². The molecule has 3 heteroatoms. The standard InChI is InChI=1S/C18H31NOS/c1-6-16-7-8-18(21-16)17(20)13-19(11-9-14(2)3)12-10-15(4)5/h7-8,14-15H,6,9-13H2,1-5H3. The molecule has 120 valence electrons. The fourth-order valence-electron chi connectivity index (χ4n) is 2.15. The third-order valence-corrected chi connectivity index (χ3v) is 4.97. The summed E-state index contributed by atoms with van der Waals surface area (Å²) >= 11 is 1.66. The zero-order valence-electron chi connectivity index (χ0n) is 14.3. The number of ketones is 1. The zero-order valence-corrected chi connectivity index (χ0v) is 15.1. The van der Waals surface area contributed by atoms with Crippen molar-refractivity contribution in [2.24, 2.45) is 11.8 Å². The monoisotopic (exact) mass is 309 g/mol. The molecule has 0 bridgehead atoms. The quantitative estimate of drug-likeness (QED) is 0.574. The Morgan fingerprint density at radius 1 is 1.10 bits per heavy atom. The smallest absolute Gasteiger partial charge is 0.186 e. The van der Waals surface area contributed by atoms with E-state index in [0.717, 1.165) is 37.2 Å². The summed E-state index contributed by atoms with van der Waals surface area (Å²) in [6.07, 6.45) is 3.34. The van der Waals surface area contributed by atoms with Gasteiger partial charge in [0.05, 0.1) is 11.4 Å². The molecule has 0 aromatic carbocycles. The highest BCUT2D eigenvalue weighted by Crippen LogP contribution is 2.18. The van der Waals surface area contributed by atoms with E-state index in [-0.39, 0.29) is 5.78 Å². The normalized spacial score (nSPS) is 11.8. The second-order valence-electron chi connectivity index (χ2n) is 6.68. The highest BCUT2D eigenvalue weighted by molar-refractivity contribution is 7.14. The molecule has 0 amide bonds. The van der Waals surface area contributed by atoms with Crippen LogP contribution < -0.4 is 0 Å². The summed E-state index contributed by atoms with van der Waals surface area (Å²) in [6, 6.07) is 4.08. The molecule has 2 nitrogen and oxygen atoms in total. The highest BCUT2D eigenvalue weighted by atomic mass is 32.1. The van der Waals surface area contributed by atoms with Crippen LogP contribution in [0.2, 0.25) is 0 Å². The summed E-state index contributed by atoms with van der Waals surface area (Å²) < 4.78 is 0. The van der Waals surface area contributed by atoms with Gasteiger partial charge in [0, 0.05) is 4.88 Å². The Morgan fingerprint density at radius 2 is 1.67 bits per heavy atom. The first-order chi connectivity index (χ1) is 9.92. The third-order valence-electron chi connectivity index (χ3n) is 3.70. The van der Waals surface area contributed by atoms with Crippen LogP contribution in [0.1, 0.15) is 62.0 Å². The van der Waals surface area contributed by atoms with Crippen molar-refractivity contribution >= 4 is 17.1 Å². The highest BCUT2D eigenvalue weighted by Gasteiger charge is 2.15. The van der Waals surface area contributed by atoms with Gasteiger partial charge >= 0.3 is 0 Å². The minimum absolute atomic E-state index is 0.284. The lowest BCUT2D eigenvalue weighted by atomic mass is 10.1.